The van der Waals surface area contributed by atoms with Crippen LogP contribution in [-0.4, -0.2) is 13.3 Å². The van der Waals surface area contributed by atoms with Gasteiger partial charge in [-0.3, -0.25) is 0 Å². The van der Waals surface area contributed by atoms with Crippen molar-refractivity contribution in [2.75, 3.05) is 24.0 Å². The van der Waals surface area contributed by atoms with E-state index in [9.17, 15) is 0 Å². The number of nitrogens with zero attached hydrogens (tertiary/aromatic N) is 1. The van der Waals surface area contributed by atoms with E-state index in [1.165, 1.54) is 11.3 Å². The van der Waals surface area contributed by atoms with Gasteiger partial charge >= 0.3 is 0 Å². The molecule has 2 aliphatic heterocycles. The van der Waals surface area contributed by atoms with Gasteiger partial charge in [0.15, 0.2) is 6.79 Å². The molecule has 108 valence electrons. The Kier molecular flexibility index (Phi) is 2.97. The summed E-state index contributed by atoms with van der Waals surface area (Å²) in [7, 11) is 0. The Morgan fingerprint density at radius 3 is 3.00 bits per heavy atom. The van der Waals surface area contributed by atoms with E-state index in [-0.39, 0.29) is 0 Å². The predicted octanol–water partition coefficient (Wildman–Crippen LogP) is 2.70. The summed E-state index contributed by atoms with van der Waals surface area (Å²) in [5, 5.41) is 0. The number of fused-ring (bicyclic) bond motifs is 2. The van der Waals surface area contributed by atoms with Crippen molar-refractivity contribution in [3.8, 4) is 5.75 Å². The van der Waals surface area contributed by atoms with Gasteiger partial charge in [0, 0.05) is 35.6 Å². The van der Waals surface area contributed by atoms with Crippen LogP contribution in [0, 0.1) is 0 Å². The molecule has 4 nitrogen and oxygen atoms in total. The molecule has 0 amide bonds. The summed E-state index contributed by atoms with van der Waals surface area (Å²) in [5.41, 5.74) is 11.7. The maximum absolute atomic E-state index is 6.02. The minimum atomic E-state index is 0.320. The van der Waals surface area contributed by atoms with Crippen LogP contribution in [0.4, 0.5) is 11.4 Å². The molecule has 2 aliphatic rings. The van der Waals surface area contributed by atoms with Crippen molar-refractivity contribution in [1.29, 1.82) is 0 Å². The molecule has 2 N–H and O–H groups in total. The number of nitrogens with two attached hydrogens (primary N) is 1. The highest BCUT2D eigenvalue weighted by Crippen LogP contribution is 2.35. The first-order valence-corrected chi connectivity index (χ1v) is 7.26. The summed E-state index contributed by atoms with van der Waals surface area (Å²) < 4.78 is 11.0. The Bertz CT molecular complexity index is 684. The Morgan fingerprint density at radius 2 is 2.05 bits per heavy atom. The van der Waals surface area contributed by atoms with Crippen LogP contribution in [0.15, 0.2) is 36.4 Å². The third-order valence-corrected chi connectivity index (χ3v) is 4.15. The van der Waals surface area contributed by atoms with E-state index in [1.54, 1.807) is 0 Å². The van der Waals surface area contributed by atoms with Crippen LogP contribution in [0.3, 0.4) is 0 Å². The summed E-state index contributed by atoms with van der Waals surface area (Å²) in [5.74, 6) is 0.944. The second kappa shape index (κ2) is 4.97. The summed E-state index contributed by atoms with van der Waals surface area (Å²) in [4.78, 5) is 2.39. The van der Waals surface area contributed by atoms with E-state index in [0.29, 0.717) is 13.4 Å². The molecule has 0 unspecified atom stereocenters. The monoisotopic (exact) mass is 282 g/mol. The Hall–Kier alpha value is -2.20. The summed E-state index contributed by atoms with van der Waals surface area (Å²) in [6.07, 6.45) is 1.10. The van der Waals surface area contributed by atoms with E-state index >= 15 is 0 Å². The summed E-state index contributed by atoms with van der Waals surface area (Å²) >= 11 is 0. The quantitative estimate of drug-likeness (QED) is 0.860. The molecule has 4 rings (SSSR count). The van der Waals surface area contributed by atoms with Crippen LogP contribution >= 0.6 is 0 Å². The molecule has 2 aromatic carbocycles. The Balaban J connectivity index is 1.68. The lowest BCUT2D eigenvalue weighted by Crippen LogP contribution is -2.22. The van der Waals surface area contributed by atoms with Crippen molar-refractivity contribution in [3.05, 3.63) is 53.1 Å². The fraction of sp³-hybridized carbons (Fsp3) is 0.294. The van der Waals surface area contributed by atoms with Gasteiger partial charge in [0.1, 0.15) is 5.75 Å². The first kappa shape index (κ1) is 12.5. The first-order chi connectivity index (χ1) is 10.3. The SMILES string of the molecule is Nc1cc2c(c(CN3CCc4ccccc43)c1)OCOC2. The molecule has 0 aliphatic carbocycles. The zero-order chi connectivity index (χ0) is 14.2. The fourth-order valence-electron chi connectivity index (χ4n) is 3.22. The Morgan fingerprint density at radius 1 is 1.14 bits per heavy atom. The number of hydrogen-bond acceptors (Lipinski definition) is 4. The third kappa shape index (κ3) is 2.21. The van der Waals surface area contributed by atoms with Gasteiger partial charge in [0.05, 0.1) is 6.61 Å². The fourth-order valence-corrected chi connectivity index (χ4v) is 3.22. The average Bonchev–Trinajstić information content (AvgIpc) is 2.90. The standard InChI is InChI=1S/C17H18N2O2/c18-15-7-13(17-14(8-15)10-20-11-21-17)9-19-6-5-12-3-1-2-4-16(12)19/h1-4,7-8H,5-6,9-11,18H2. The first-order valence-electron chi connectivity index (χ1n) is 7.26. The van der Waals surface area contributed by atoms with E-state index in [4.69, 9.17) is 15.2 Å². The van der Waals surface area contributed by atoms with E-state index in [2.05, 4.69) is 29.2 Å². The molecule has 0 atom stereocenters. The number of nitrogen functional groups attached to an aromatic ring is 1. The molecule has 0 bridgehead atoms. The van der Waals surface area contributed by atoms with Crippen LogP contribution in [0.2, 0.25) is 0 Å². The smallest absolute Gasteiger partial charge is 0.189 e. The Labute approximate surface area is 124 Å². The van der Waals surface area contributed by atoms with Gasteiger partial charge in [-0.25, -0.2) is 0 Å². The van der Waals surface area contributed by atoms with Gasteiger partial charge in [-0.05, 0) is 30.2 Å². The topological polar surface area (TPSA) is 47.7 Å². The van der Waals surface area contributed by atoms with Crippen LogP contribution in [0.25, 0.3) is 0 Å². The number of benzene rings is 2. The zero-order valence-corrected chi connectivity index (χ0v) is 11.8. The lowest BCUT2D eigenvalue weighted by molar-refractivity contribution is -0.0169. The molecule has 4 heteroatoms. The van der Waals surface area contributed by atoms with E-state index in [0.717, 1.165) is 42.1 Å². The van der Waals surface area contributed by atoms with Gasteiger partial charge in [0.25, 0.3) is 0 Å². The van der Waals surface area contributed by atoms with Crippen molar-refractivity contribution in [1.82, 2.24) is 0 Å². The average molecular weight is 282 g/mol. The molecule has 0 saturated heterocycles. The molecule has 0 spiro atoms. The molecule has 0 fully saturated rings. The molecule has 2 heterocycles. The summed E-state index contributed by atoms with van der Waals surface area (Å²) in [6, 6.07) is 12.5. The van der Waals surface area contributed by atoms with Gasteiger partial charge in [-0.1, -0.05) is 18.2 Å². The van der Waals surface area contributed by atoms with Crippen LogP contribution in [0.1, 0.15) is 16.7 Å². The third-order valence-electron chi connectivity index (χ3n) is 4.15. The van der Waals surface area contributed by atoms with Crippen LogP contribution in [0.5, 0.6) is 5.75 Å². The minimum absolute atomic E-state index is 0.320. The van der Waals surface area contributed by atoms with Crippen molar-refractivity contribution >= 4 is 11.4 Å². The molecule has 21 heavy (non-hydrogen) atoms. The highest BCUT2D eigenvalue weighted by Gasteiger charge is 2.22. The van der Waals surface area contributed by atoms with Crippen molar-refractivity contribution in [2.24, 2.45) is 0 Å². The van der Waals surface area contributed by atoms with Crippen molar-refractivity contribution in [2.45, 2.75) is 19.6 Å². The van der Waals surface area contributed by atoms with Gasteiger partial charge < -0.3 is 20.1 Å². The number of hydrogen-bond donors (Lipinski definition) is 1. The lowest BCUT2D eigenvalue weighted by atomic mass is 10.1. The van der Waals surface area contributed by atoms with Crippen molar-refractivity contribution in [3.63, 3.8) is 0 Å². The maximum atomic E-state index is 6.02. The number of rotatable bonds is 2. The number of ether oxygens (including phenoxy) is 2. The maximum Gasteiger partial charge on any atom is 0.189 e. The molecule has 0 radical (unpaired) electrons. The van der Waals surface area contributed by atoms with E-state index in [1.807, 2.05) is 12.1 Å². The molecule has 0 aromatic heterocycles. The van der Waals surface area contributed by atoms with Crippen LogP contribution in [-0.2, 0) is 24.3 Å². The van der Waals surface area contributed by atoms with Crippen molar-refractivity contribution < 1.29 is 9.47 Å². The molecular formula is C17H18N2O2. The second-order valence-corrected chi connectivity index (χ2v) is 5.58. The number of anilines is 2. The second-order valence-electron chi connectivity index (χ2n) is 5.58. The molecule has 0 saturated carbocycles. The van der Waals surface area contributed by atoms with Gasteiger partial charge in [0.2, 0.25) is 0 Å². The molecule has 2 aromatic rings. The molecular weight excluding hydrogens is 264 g/mol. The van der Waals surface area contributed by atoms with E-state index < -0.39 is 0 Å². The highest BCUT2D eigenvalue weighted by atomic mass is 16.7. The zero-order valence-electron chi connectivity index (χ0n) is 11.8. The largest absolute Gasteiger partial charge is 0.467 e. The minimum Gasteiger partial charge on any atom is -0.467 e. The normalized spacial score (nSPS) is 16.3. The highest BCUT2D eigenvalue weighted by molar-refractivity contribution is 5.60. The van der Waals surface area contributed by atoms with Crippen LogP contribution < -0.4 is 15.4 Å². The number of para-hydroxylation sites is 1. The van der Waals surface area contributed by atoms with Gasteiger partial charge in [-0.2, -0.15) is 0 Å². The van der Waals surface area contributed by atoms with Gasteiger partial charge in [-0.15, -0.1) is 0 Å². The summed E-state index contributed by atoms with van der Waals surface area (Å²) in [6.45, 7) is 2.76. The predicted molar refractivity (Wildman–Crippen MR) is 82.3 cm³/mol. The lowest BCUT2D eigenvalue weighted by Gasteiger charge is -2.25.